The van der Waals surface area contributed by atoms with Gasteiger partial charge in [-0.05, 0) is 18.6 Å². The highest BCUT2D eigenvalue weighted by Gasteiger charge is 1.91. The van der Waals surface area contributed by atoms with Crippen molar-refractivity contribution in [1.82, 2.24) is 0 Å². The summed E-state index contributed by atoms with van der Waals surface area (Å²) in [5.74, 6) is 0. The van der Waals surface area contributed by atoms with Gasteiger partial charge in [-0.15, -0.1) is 0 Å². The van der Waals surface area contributed by atoms with Crippen molar-refractivity contribution < 1.29 is 4.18 Å². The predicted molar refractivity (Wildman–Crippen MR) is 53.2 cm³/mol. The van der Waals surface area contributed by atoms with Gasteiger partial charge in [0.25, 0.3) is 0 Å². The second-order valence-corrected chi connectivity index (χ2v) is 3.45. The lowest BCUT2D eigenvalue weighted by Gasteiger charge is -2.00. The zero-order valence-corrected chi connectivity index (χ0v) is 8.14. The molecule has 0 aliphatic carbocycles. The first-order valence-electron chi connectivity index (χ1n) is 4.28. The summed E-state index contributed by atoms with van der Waals surface area (Å²) in [7, 11) is 0. The summed E-state index contributed by atoms with van der Waals surface area (Å²) in [6.07, 6.45) is 2.33. The van der Waals surface area contributed by atoms with E-state index in [9.17, 15) is 0 Å². The molecule has 1 nitrogen and oxygen atoms in total. The second-order valence-electron chi connectivity index (χ2n) is 2.57. The van der Waals surface area contributed by atoms with Gasteiger partial charge in [0.05, 0.1) is 6.61 Å². The number of unbranched alkanes of at least 4 members (excludes halogenated alkanes) is 1. The third-order valence-electron chi connectivity index (χ3n) is 1.48. The van der Waals surface area contributed by atoms with Crippen LogP contribution in [0.1, 0.15) is 19.8 Å². The standard InChI is InChI=1S/C10H14OS/c1-2-3-9-11-12-10-7-5-4-6-8-10/h4-8H,2-3,9H2,1H3. The van der Waals surface area contributed by atoms with Crippen molar-refractivity contribution in [2.75, 3.05) is 6.61 Å². The van der Waals surface area contributed by atoms with Crippen LogP contribution in [0.4, 0.5) is 0 Å². The third kappa shape index (κ3) is 3.79. The highest BCUT2D eigenvalue weighted by atomic mass is 32.2. The van der Waals surface area contributed by atoms with Gasteiger partial charge >= 0.3 is 0 Å². The monoisotopic (exact) mass is 182 g/mol. The maximum Gasteiger partial charge on any atom is 0.0618 e. The van der Waals surface area contributed by atoms with Crippen molar-refractivity contribution in [3.8, 4) is 0 Å². The zero-order valence-electron chi connectivity index (χ0n) is 7.32. The van der Waals surface area contributed by atoms with Gasteiger partial charge in [0.15, 0.2) is 0 Å². The molecular weight excluding hydrogens is 168 g/mol. The molecule has 0 N–H and O–H groups in total. The van der Waals surface area contributed by atoms with Crippen LogP contribution in [0, 0.1) is 0 Å². The Hall–Kier alpha value is -0.470. The maximum absolute atomic E-state index is 5.38. The lowest BCUT2D eigenvalue weighted by atomic mass is 10.4. The van der Waals surface area contributed by atoms with Gasteiger partial charge in [-0.25, -0.2) is 0 Å². The predicted octanol–water partition coefficient (Wildman–Crippen LogP) is 3.51. The molecule has 0 spiro atoms. The summed E-state index contributed by atoms with van der Waals surface area (Å²) in [4.78, 5) is 1.17. The molecule has 0 aromatic heterocycles. The molecular formula is C10H14OS. The largest absolute Gasteiger partial charge is 0.310 e. The van der Waals surface area contributed by atoms with E-state index in [2.05, 4.69) is 19.1 Å². The van der Waals surface area contributed by atoms with E-state index in [-0.39, 0.29) is 0 Å². The van der Waals surface area contributed by atoms with Gasteiger partial charge in [0, 0.05) is 16.9 Å². The highest BCUT2D eigenvalue weighted by Crippen LogP contribution is 2.18. The molecule has 0 aliphatic rings. The summed E-state index contributed by atoms with van der Waals surface area (Å²) in [5, 5.41) is 0. The lowest BCUT2D eigenvalue weighted by molar-refractivity contribution is 0.362. The molecule has 0 atom stereocenters. The Kier molecular flexibility index (Phi) is 4.88. The first kappa shape index (κ1) is 9.62. The number of hydrogen-bond acceptors (Lipinski definition) is 2. The van der Waals surface area contributed by atoms with Crippen molar-refractivity contribution in [2.24, 2.45) is 0 Å². The van der Waals surface area contributed by atoms with Crippen LogP contribution in [-0.2, 0) is 4.18 Å². The quantitative estimate of drug-likeness (QED) is 0.509. The summed E-state index contributed by atoms with van der Waals surface area (Å²) < 4.78 is 5.38. The Balaban J connectivity index is 2.16. The number of hydrogen-bond donors (Lipinski definition) is 0. The molecule has 0 aliphatic heterocycles. The van der Waals surface area contributed by atoms with Gasteiger partial charge < -0.3 is 4.18 Å². The molecule has 0 unspecified atom stereocenters. The molecule has 1 rings (SSSR count). The van der Waals surface area contributed by atoms with E-state index in [1.54, 1.807) is 0 Å². The van der Waals surface area contributed by atoms with Crippen LogP contribution >= 0.6 is 12.0 Å². The van der Waals surface area contributed by atoms with E-state index in [0.717, 1.165) is 13.0 Å². The minimum absolute atomic E-state index is 0.843. The molecule has 0 fully saturated rings. The first-order chi connectivity index (χ1) is 5.93. The maximum atomic E-state index is 5.38. The molecule has 1 aromatic carbocycles. The fourth-order valence-electron chi connectivity index (χ4n) is 0.789. The topological polar surface area (TPSA) is 9.23 Å². The van der Waals surface area contributed by atoms with Crippen LogP contribution in [0.2, 0.25) is 0 Å². The van der Waals surface area contributed by atoms with Gasteiger partial charge in [0.1, 0.15) is 0 Å². The van der Waals surface area contributed by atoms with Gasteiger partial charge in [-0.2, -0.15) is 0 Å². The average Bonchev–Trinajstić information content (AvgIpc) is 2.14. The molecule has 0 heterocycles. The molecule has 66 valence electrons. The van der Waals surface area contributed by atoms with Crippen LogP contribution < -0.4 is 0 Å². The summed E-state index contributed by atoms with van der Waals surface area (Å²) in [5.41, 5.74) is 0. The van der Waals surface area contributed by atoms with Crippen molar-refractivity contribution in [3.05, 3.63) is 30.3 Å². The van der Waals surface area contributed by atoms with Crippen molar-refractivity contribution in [1.29, 1.82) is 0 Å². The lowest BCUT2D eigenvalue weighted by Crippen LogP contribution is -1.84. The third-order valence-corrected chi connectivity index (χ3v) is 2.23. The molecule has 0 saturated heterocycles. The van der Waals surface area contributed by atoms with Crippen molar-refractivity contribution >= 4 is 12.0 Å². The first-order valence-corrected chi connectivity index (χ1v) is 5.02. The Labute approximate surface area is 78.3 Å². The van der Waals surface area contributed by atoms with Gasteiger partial charge in [-0.3, -0.25) is 0 Å². The molecule has 0 saturated carbocycles. The summed E-state index contributed by atoms with van der Waals surface area (Å²) >= 11 is 1.46. The minimum atomic E-state index is 0.843. The Morgan fingerprint density at radius 3 is 2.67 bits per heavy atom. The fourth-order valence-corrected chi connectivity index (χ4v) is 1.39. The van der Waals surface area contributed by atoms with Crippen LogP contribution in [0.15, 0.2) is 35.2 Å². The molecule has 0 amide bonds. The summed E-state index contributed by atoms with van der Waals surface area (Å²) in [6, 6.07) is 10.2. The van der Waals surface area contributed by atoms with Crippen LogP contribution in [0.25, 0.3) is 0 Å². The Morgan fingerprint density at radius 2 is 2.00 bits per heavy atom. The van der Waals surface area contributed by atoms with E-state index in [0.29, 0.717) is 0 Å². The van der Waals surface area contributed by atoms with Crippen molar-refractivity contribution in [3.63, 3.8) is 0 Å². The normalized spacial score (nSPS) is 10.1. The van der Waals surface area contributed by atoms with E-state index < -0.39 is 0 Å². The molecule has 2 heteroatoms. The summed E-state index contributed by atoms with van der Waals surface area (Å²) in [6.45, 7) is 3.01. The van der Waals surface area contributed by atoms with E-state index in [1.165, 1.54) is 23.4 Å². The Morgan fingerprint density at radius 1 is 1.25 bits per heavy atom. The van der Waals surface area contributed by atoms with Gasteiger partial charge in [0.2, 0.25) is 0 Å². The molecule has 0 radical (unpaired) electrons. The number of rotatable bonds is 5. The fraction of sp³-hybridized carbons (Fsp3) is 0.400. The van der Waals surface area contributed by atoms with Crippen molar-refractivity contribution in [2.45, 2.75) is 24.7 Å². The average molecular weight is 182 g/mol. The smallest absolute Gasteiger partial charge is 0.0618 e. The van der Waals surface area contributed by atoms with E-state index >= 15 is 0 Å². The van der Waals surface area contributed by atoms with E-state index in [4.69, 9.17) is 4.18 Å². The Bertz CT molecular complexity index is 198. The molecule has 12 heavy (non-hydrogen) atoms. The van der Waals surface area contributed by atoms with Gasteiger partial charge in [-0.1, -0.05) is 31.5 Å². The minimum Gasteiger partial charge on any atom is -0.310 e. The SMILES string of the molecule is CCCCOSc1ccccc1. The van der Waals surface area contributed by atoms with E-state index in [1.807, 2.05) is 18.2 Å². The van der Waals surface area contributed by atoms with Crippen LogP contribution in [0.5, 0.6) is 0 Å². The zero-order chi connectivity index (χ0) is 8.65. The second kappa shape index (κ2) is 6.09. The highest BCUT2D eigenvalue weighted by molar-refractivity contribution is 7.94. The van der Waals surface area contributed by atoms with Crippen LogP contribution in [-0.4, -0.2) is 6.61 Å². The molecule has 1 aromatic rings. The number of benzene rings is 1. The molecule has 0 bridgehead atoms. The van der Waals surface area contributed by atoms with Crippen LogP contribution in [0.3, 0.4) is 0 Å².